The monoisotopic (exact) mass is 426 g/mol. The molecule has 0 aliphatic carbocycles. The quantitative estimate of drug-likeness (QED) is 0.207. The fourth-order valence-electron chi connectivity index (χ4n) is 2.36. The van der Waals surface area contributed by atoms with E-state index >= 15 is 0 Å². The van der Waals surface area contributed by atoms with Crippen LogP contribution in [0.5, 0.6) is 0 Å². The fraction of sp³-hybridized carbons (Fsp3) is 0.0952. The van der Waals surface area contributed by atoms with Gasteiger partial charge in [0.2, 0.25) is 11.9 Å². The van der Waals surface area contributed by atoms with Crippen LogP contribution >= 0.6 is 11.6 Å². The fourth-order valence-corrected chi connectivity index (χ4v) is 2.53. The van der Waals surface area contributed by atoms with Crippen molar-refractivity contribution in [2.45, 2.75) is 6.54 Å². The smallest absolute Gasteiger partial charge is 0.247 e. The van der Waals surface area contributed by atoms with E-state index in [2.05, 4.69) is 15.6 Å². The van der Waals surface area contributed by atoms with Gasteiger partial charge in [-0.05, 0) is 35.9 Å². The van der Waals surface area contributed by atoms with Crippen LogP contribution < -0.4 is 16.4 Å². The Balaban J connectivity index is 1.96. The first-order chi connectivity index (χ1) is 14.4. The van der Waals surface area contributed by atoms with E-state index in [9.17, 15) is 9.18 Å². The zero-order chi connectivity index (χ0) is 21.9. The summed E-state index contributed by atoms with van der Waals surface area (Å²) in [5.74, 6) is -0.727. The zero-order valence-electron chi connectivity index (χ0n) is 16.1. The van der Waals surface area contributed by atoms with Crippen molar-refractivity contribution in [3.63, 3.8) is 0 Å². The number of carbonyl (C=O) groups excluding carboxylic acids is 1. The van der Waals surface area contributed by atoms with Crippen LogP contribution in [0.4, 0.5) is 10.1 Å². The predicted octanol–water partition coefficient (Wildman–Crippen LogP) is 3.23. The molecule has 0 heterocycles. The van der Waals surface area contributed by atoms with E-state index in [4.69, 9.17) is 22.6 Å². The molecule has 0 unspecified atom stereocenters. The lowest BCUT2D eigenvalue weighted by molar-refractivity contribution is -0.115. The maximum absolute atomic E-state index is 12.9. The number of nitriles is 1. The predicted molar refractivity (Wildman–Crippen MR) is 116 cm³/mol. The highest BCUT2D eigenvalue weighted by molar-refractivity contribution is 6.30. The third-order valence-corrected chi connectivity index (χ3v) is 3.97. The summed E-state index contributed by atoms with van der Waals surface area (Å²) in [5.41, 5.74) is 7.52. The number of hydrogen-bond acceptors (Lipinski definition) is 4. The summed E-state index contributed by atoms with van der Waals surface area (Å²) in [6.45, 7) is 0.562. The molecule has 0 atom stereocenters. The van der Waals surface area contributed by atoms with E-state index in [-0.39, 0.29) is 17.7 Å². The zero-order valence-corrected chi connectivity index (χ0v) is 16.9. The molecule has 2 aromatic carbocycles. The van der Waals surface area contributed by atoms with Crippen molar-refractivity contribution in [2.24, 2.45) is 10.7 Å². The molecule has 30 heavy (non-hydrogen) atoms. The van der Waals surface area contributed by atoms with E-state index in [0.717, 1.165) is 5.56 Å². The SMILES string of the molecule is CN(/C=C/NC(=O)/C=C/c1ccc(Cl)cc1N=C(N)NC#N)Cc1ccc(F)cc1. The highest BCUT2D eigenvalue weighted by Gasteiger charge is 2.02. The van der Waals surface area contributed by atoms with E-state index in [1.54, 1.807) is 48.8 Å². The number of nitrogens with two attached hydrogens (primary N) is 1. The molecule has 2 aromatic rings. The van der Waals surface area contributed by atoms with Crippen LogP contribution in [0.2, 0.25) is 5.02 Å². The van der Waals surface area contributed by atoms with E-state index in [0.29, 0.717) is 22.8 Å². The number of aliphatic imine (C=N–C) groups is 1. The van der Waals surface area contributed by atoms with Gasteiger partial charge in [-0.1, -0.05) is 29.8 Å². The minimum Gasteiger partial charge on any atom is -0.375 e. The van der Waals surface area contributed by atoms with Crippen LogP contribution in [0, 0.1) is 17.3 Å². The Bertz CT molecular complexity index is 1010. The summed E-state index contributed by atoms with van der Waals surface area (Å²) < 4.78 is 12.9. The van der Waals surface area contributed by atoms with Crippen LogP contribution in [0.25, 0.3) is 6.08 Å². The molecule has 0 saturated carbocycles. The molecule has 154 valence electrons. The molecule has 4 N–H and O–H groups in total. The van der Waals surface area contributed by atoms with Crippen LogP contribution in [-0.4, -0.2) is 23.8 Å². The van der Waals surface area contributed by atoms with Gasteiger partial charge in [-0.25, -0.2) is 9.38 Å². The Morgan fingerprint density at radius 2 is 2.07 bits per heavy atom. The number of benzene rings is 2. The van der Waals surface area contributed by atoms with Crippen molar-refractivity contribution in [1.82, 2.24) is 15.5 Å². The van der Waals surface area contributed by atoms with Gasteiger partial charge in [0.25, 0.3) is 0 Å². The average molecular weight is 427 g/mol. The van der Waals surface area contributed by atoms with E-state index < -0.39 is 0 Å². The number of amides is 1. The van der Waals surface area contributed by atoms with Crippen LogP contribution in [0.15, 0.2) is 65.9 Å². The summed E-state index contributed by atoms with van der Waals surface area (Å²) in [6, 6.07) is 11.1. The molecular formula is C21H20ClFN6O. The lowest BCUT2D eigenvalue weighted by Gasteiger charge is -2.13. The number of hydrogen-bond donors (Lipinski definition) is 3. The van der Waals surface area contributed by atoms with Gasteiger partial charge in [-0.15, -0.1) is 0 Å². The summed E-state index contributed by atoms with van der Waals surface area (Å²) in [6.07, 6.45) is 7.76. The molecule has 9 heteroatoms. The third kappa shape index (κ3) is 7.66. The molecule has 7 nitrogen and oxygen atoms in total. The molecule has 0 bridgehead atoms. The van der Waals surface area contributed by atoms with Crippen LogP contribution in [0.3, 0.4) is 0 Å². The van der Waals surface area contributed by atoms with E-state index in [1.165, 1.54) is 24.4 Å². The first-order valence-electron chi connectivity index (χ1n) is 8.76. The molecule has 0 spiro atoms. The molecule has 0 aliphatic rings. The number of rotatable bonds is 7. The van der Waals surface area contributed by atoms with Crippen molar-refractivity contribution >= 4 is 35.2 Å². The van der Waals surface area contributed by atoms with Crippen molar-refractivity contribution in [3.8, 4) is 6.19 Å². The van der Waals surface area contributed by atoms with Crippen molar-refractivity contribution < 1.29 is 9.18 Å². The standard InChI is InChI=1S/C21H20ClFN6O/c1-29(13-15-2-7-18(23)8-3-15)11-10-26-20(30)9-5-16-4-6-17(22)12-19(16)28-21(25)27-14-24/h2-12H,13H2,1H3,(H,26,30)(H3,25,27,28)/b9-5+,11-10+. The van der Waals surface area contributed by atoms with E-state index in [1.807, 2.05) is 11.9 Å². The Labute approximate surface area is 179 Å². The third-order valence-electron chi connectivity index (χ3n) is 3.73. The van der Waals surface area contributed by atoms with Gasteiger partial charge >= 0.3 is 0 Å². The normalized spacial score (nSPS) is 11.5. The maximum atomic E-state index is 12.9. The molecule has 0 saturated heterocycles. The van der Waals surface area contributed by atoms with Crippen molar-refractivity contribution in [1.29, 1.82) is 5.26 Å². The number of guanidine groups is 1. The van der Waals surface area contributed by atoms with Gasteiger partial charge in [-0.3, -0.25) is 10.1 Å². The second-order valence-corrected chi connectivity index (χ2v) is 6.57. The molecule has 1 amide bonds. The first kappa shape index (κ1) is 22.5. The van der Waals surface area contributed by atoms with Gasteiger partial charge in [0.1, 0.15) is 5.82 Å². The summed E-state index contributed by atoms with van der Waals surface area (Å²) in [5, 5.41) is 13.9. The summed E-state index contributed by atoms with van der Waals surface area (Å²) in [4.78, 5) is 18.0. The van der Waals surface area contributed by atoms with Gasteiger partial charge in [-0.2, -0.15) is 5.26 Å². The second-order valence-electron chi connectivity index (χ2n) is 6.14. The van der Waals surface area contributed by atoms with Gasteiger partial charge in [0.05, 0.1) is 5.69 Å². The maximum Gasteiger partial charge on any atom is 0.247 e. The highest BCUT2D eigenvalue weighted by atomic mass is 35.5. The van der Waals surface area contributed by atoms with Crippen molar-refractivity contribution in [2.75, 3.05) is 7.05 Å². The summed E-state index contributed by atoms with van der Waals surface area (Å²) in [7, 11) is 1.83. The Kier molecular flexibility index (Phi) is 8.41. The van der Waals surface area contributed by atoms with Crippen molar-refractivity contribution in [3.05, 3.63) is 82.9 Å². The number of carbonyl (C=O) groups is 1. The minimum atomic E-state index is -0.352. The molecule has 0 aliphatic heterocycles. The molecule has 2 rings (SSSR count). The lowest BCUT2D eigenvalue weighted by atomic mass is 10.1. The minimum absolute atomic E-state index is 0.0917. The topological polar surface area (TPSA) is 107 Å². The van der Waals surface area contributed by atoms with Gasteiger partial charge < -0.3 is 16.0 Å². The van der Waals surface area contributed by atoms with Crippen LogP contribution in [-0.2, 0) is 11.3 Å². The number of nitrogens with one attached hydrogen (secondary N) is 2. The van der Waals surface area contributed by atoms with Gasteiger partial charge in [0.15, 0.2) is 6.19 Å². The van der Waals surface area contributed by atoms with Gasteiger partial charge in [0, 0.05) is 42.7 Å². The summed E-state index contributed by atoms with van der Waals surface area (Å²) >= 11 is 5.97. The molecular weight excluding hydrogens is 407 g/mol. The average Bonchev–Trinajstić information content (AvgIpc) is 2.69. The number of nitrogens with zero attached hydrogens (tertiary/aromatic N) is 3. The largest absolute Gasteiger partial charge is 0.375 e. The first-order valence-corrected chi connectivity index (χ1v) is 9.14. The molecule has 0 radical (unpaired) electrons. The molecule has 0 aromatic heterocycles. The number of halogens is 2. The van der Waals surface area contributed by atoms with Crippen LogP contribution in [0.1, 0.15) is 11.1 Å². The Hall–Kier alpha value is -3.83. The lowest BCUT2D eigenvalue weighted by Crippen LogP contribution is -2.26. The highest BCUT2D eigenvalue weighted by Crippen LogP contribution is 2.25. The Morgan fingerprint density at radius 1 is 1.33 bits per heavy atom. The second kappa shape index (κ2) is 11.2. The Morgan fingerprint density at radius 3 is 2.77 bits per heavy atom. The molecule has 0 fully saturated rings.